The molecule has 1 rings (SSSR count). The molecule has 4 heteroatoms. The van der Waals surface area contributed by atoms with Crippen LogP contribution in [0.3, 0.4) is 0 Å². The van der Waals surface area contributed by atoms with Crippen LogP contribution in [0.5, 0.6) is 0 Å². The average molecular weight is 216 g/mol. The summed E-state index contributed by atoms with van der Waals surface area (Å²) in [4.78, 5) is 2.34. The van der Waals surface area contributed by atoms with E-state index in [1.165, 1.54) is 13.0 Å². The summed E-state index contributed by atoms with van der Waals surface area (Å²) in [6, 6.07) is 0.596. The van der Waals surface area contributed by atoms with Crippen molar-refractivity contribution in [3.05, 3.63) is 0 Å². The molecular formula is C11H24N2O2. The molecule has 0 amide bonds. The minimum absolute atomic E-state index is 0.0918. The van der Waals surface area contributed by atoms with Crippen molar-refractivity contribution in [2.45, 2.75) is 32.6 Å². The number of nitrogens with zero attached hydrogens (tertiary/aromatic N) is 1. The summed E-state index contributed by atoms with van der Waals surface area (Å²) < 4.78 is 10.9. The van der Waals surface area contributed by atoms with Crippen molar-refractivity contribution >= 4 is 0 Å². The van der Waals surface area contributed by atoms with Gasteiger partial charge in [-0.25, -0.2) is 0 Å². The summed E-state index contributed by atoms with van der Waals surface area (Å²) in [5.41, 5.74) is 0. The molecule has 1 N–H and O–H groups in total. The first kappa shape index (κ1) is 12.9. The van der Waals surface area contributed by atoms with Crippen LogP contribution in [0.2, 0.25) is 0 Å². The molecule has 1 aliphatic rings. The van der Waals surface area contributed by atoms with E-state index in [-0.39, 0.29) is 6.29 Å². The first-order valence-electron chi connectivity index (χ1n) is 5.91. The molecule has 1 atom stereocenters. The van der Waals surface area contributed by atoms with Crippen molar-refractivity contribution in [2.75, 3.05) is 39.9 Å². The van der Waals surface area contributed by atoms with Crippen LogP contribution in [0.1, 0.15) is 20.3 Å². The minimum atomic E-state index is -0.0918. The van der Waals surface area contributed by atoms with E-state index in [9.17, 15) is 0 Å². The van der Waals surface area contributed by atoms with Crippen LogP contribution >= 0.6 is 0 Å². The molecule has 1 unspecified atom stereocenters. The van der Waals surface area contributed by atoms with E-state index < -0.39 is 0 Å². The Morgan fingerprint density at radius 2 is 2.00 bits per heavy atom. The molecule has 0 spiro atoms. The standard InChI is InChI=1S/C11H24N2O2/c1-4-14-11(15-5-2)8-12-10-6-7-13(3)9-10/h10-12H,4-9H2,1-3H3. The largest absolute Gasteiger partial charge is 0.352 e. The topological polar surface area (TPSA) is 33.7 Å². The van der Waals surface area contributed by atoms with Crippen molar-refractivity contribution in [3.63, 3.8) is 0 Å². The fraction of sp³-hybridized carbons (Fsp3) is 1.00. The number of likely N-dealkylation sites (N-methyl/N-ethyl adjacent to an activating group) is 1. The Hall–Kier alpha value is -0.160. The maximum Gasteiger partial charge on any atom is 0.169 e. The van der Waals surface area contributed by atoms with Gasteiger partial charge in [0.05, 0.1) is 0 Å². The Labute approximate surface area is 92.9 Å². The van der Waals surface area contributed by atoms with E-state index in [0.717, 1.165) is 13.1 Å². The summed E-state index contributed by atoms with van der Waals surface area (Å²) in [6.07, 6.45) is 1.13. The van der Waals surface area contributed by atoms with Gasteiger partial charge < -0.3 is 19.7 Å². The molecule has 1 saturated heterocycles. The number of hydrogen-bond acceptors (Lipinski definition) is 4. The Balaban J connectivity index is 2.15. The van der Waals surface area contributed by atoms with Gasteiger partial charge in [-0.3, -0.25) is 0 Å². The lowest BCUT2D eigenvalue weighted by molar-refractivity contribution is -0.133. The van der Waals surface area contributed by atoms with E-state index in [1.54, 1.807) is 0 Å². The van der Waals surface area contributed by atoms with Crippen molar-refractivity contribution in [2.24, 2.45) is 0 Å². The Kier molecular flexibility index (Phi) is 6.17. The molecule has 4 nitrogen and oxygen atoms in total. The SMILES string of the molecule is CCOC(CNC1CCN(C)C1)OCC. The summed E-state index contributed by atoms with van der Waals surface area (Å²) in [5.74, 6) is 0. The zero-order valence-electron chi connectivity index (χ0n) is 10.2. The number of ether oxygens (including phenoxy) is 2. The summed E-state index contributed by atoms with van der Waals surface area (Å²) in [7, 11) is 2.16. The molecule has 0 radical (unpaired) electrons. The van der Waals surface area contributed by atoms with Gasteiger partial charge in [0.15, 0.2) is 6.29 Å². The van der Waals surface area contributed by atoms with Gasteiger partial charge in [0.2, 0.25) is 0 Å². The van der Waals surface area contributed by atoms with E-state index in [4.69, 9.17) is 9.47 Å². The van der Waals surface area contributed by atoms with Crippen LogP contribution in [-0.4, -0.2) is 57.1 Å². The van der Waals surface area contributed by atoms with Crippen LogP contribution in [0.15, 0.2) is 0 Å². The van der Waals surface area contributed by atoms with Gasteiger partial charge in [-0.1, -0.05) is 0 Å². The molecular weight excluding hydrogens is 192 g/mol. The van der Waals surface area contributed by atoms with Crippen LogP contribution in [0, 0.1) is 0 Å². The molecule has 15 heavy (non-hydrogen) atoms. The van der Waals surface area contributed by atoms with Gasteiger partial charge in [0.25, 0.3) is 0 Å². The summed E-state index contributed by atoms with van der Waals surface area (Å²) in [5, 5.41) is 3.49. The Bertz CT molecular complexity index is 161. The van der Waals surface area contributed by atoms with Crippen molar-refractivity contribution < 1.29 is 9.47 Å². The Morgan fingerprint density at radius 3 is 2.47 bits per heavy atom. The first-order valence-corrected chi connectivity index (χ1v) is 5.91. The van der Waals surface area contributed by atoms with Crippen LogP contribution in [0.25, 0.3) is 0 Å². The second-order valence-electron chi connectivity index (χ2n) is 4.00. The second kappa shape index (κ2) is 7.17. The van der Waals surface area contributed by atoms with Crippen molar-refractivity contribution in [1.82, 2.24) is 10.2 Å². The van der Waals surface area contributed by atoms with Gasteiger partial charge in [0, 0.05) is 32.3 Å². The lowest BCUT2D eigenvalue weighted by Gasteiger charge is -2.20. The first-order chi connectivity index (χ1) is 7.26. The maximum atomic E-state index is 5.47. The number of likely N-dealkylation sites (tertiary alicyclic amines) is 1. The highest BCUT2D eigenvalue weighted by Gasteiger charge is 2.20. The van der Waals surface area contributed by atoms with Gasteiger partial charge in [-0.2, -0.15) is 0 Å². The summed E-state index contributed by atoms with van der Waals surface area (Å²) >= 11 is 0. The van der Waals surface area contributed by atoms with E-state index in [2.05, 4.69) is 17.3 Å². The van der Waals surface area contributed by atoms with E-state index >= 15 is 0 Å². The third-order valence-corrected chi connectivity index (χ3v) is 2.67. The highest BCUT2D eigenvalue weighted by molar-refractivity contribution is 4.78. The van der Waals surface area contributed by atoms with E-state index in [1.807, 2.05) is 13.8 Å². The van der Waals surface area contributed by atoms with Gasteiger partial charge in [-0.15, -0.1) is 0 Å². The summed E-state index contributed by atoms with van der Waals surface area (Å²) in [6.45, 7) is 8.51. The molecule has 0 saturated carbocycles. The number of hydrogen-bond donors (Lipinski definition) is 1. The Morgan fingerprint density at radius 1 is 1.33 bits per heavy atom. The van der Waals surface area contributed by atoms with Crippen LogP contribution < -0.4 is 5.32 Å². The predicted octanol–water partition coefficient (Wildman–Crippen LogP) is 0.679. The molecule has 1 heterocycles. The van der Waals surface area contributed by atoms with Crippen molar-refractivity contribution in [3.8, 4) is 0 Å². The fourth-order valence-corrected chi connectivity index (χ4v) is 1.90. The quantitative estimate of drug-likeness (QED) is 0.635. The second-order valence-corrected chi connectivity index (χ2v) is 4.00. The minimum Gasteiger partial charge on any atom is -0.352 e. The molecule has 0 bridgehead atoms. The van der Waals surface area contributed by atoms with Crippen LogP contribution in [-0.2, 0) is 9.47 Å². The lowest BCUT2D eigenvalue weighted by Crippen LogP contribution is -2.39. The molecule has 0 aromatic heterocycles. The normalized spacial score (nSPS) is 22.8. The maximum absolute atomic E-state index is 5.47. The zero-order valence-corrected chi connectivity index (χ0v) is 10.2. The predicted molar refractivity (Wildman–Crippen MR) is 60.9 cm³/mol. The highest BCUT2D eigenvalue weighted by atomic mass is 16.7. The van der Waals surface area contributed by atoms with Gasteiger partial charge in [0.1, 0.15) is 0 Å². The van der Waals surface area contributed by atoms with E-state index in [0.29, 0.717) is 19.3 Å². The molecule has 1 fully saturated rings. The average Bonchev–Trinajstić information content (AvgIpc) is 2.61. The molecule has 0 aromatic carbocycles. The molecule has 90 valence electrons. The number of rotatable bonds is 7. The fourth-order valence-electron chi connectivity index (χ4n) is 1.90. The molecule has 0 aromatic rings. The van der Waals surface area contributed by atoms with Gasteiger partial charge in [-0.05, 0) is 33.9 Å². The van der Waals surface area contributed by atoms with Gasteiger partial charge >= 0.3 is 0 Å². The van der Waals surface area contributed by atoms with Crippen LogP contribution in [0.4, 0.5) is 0 Å². The third-order valence-electron chi connectivity index (χ3n) is 2.67. The zero-order chi connectivity index (χ0) is 11.1. The third kappa shape index (κ3) is 4.93. The lowest BCUT2D eigenvalue weighted by atomic mass is 10.2. The number of nitrogens with one attached hydrogen (secondary N) is 1. The smallest absolute Gasteiger partial charge is 0.169 e. The highest BCUT2D eigenvalue weighted by Crippen LogP contribution is 2.06. The molecule has 0 aliphatic carbocycles. The molecule has 1 aliphatic heterocycles. The van der Waals surface area contributed by atoms with Crippen molar-refractivity contribution in [1.29, 1.82) is 0 Å². The monoisotopic (exact) mass is 216 g/mol.